The first-order chi connectivity index (χ1) is 9.36. The predicted octanol–water partition coefficient (Wildman–Crippen LogP) is 4.58. The van der Waals surface area contributed by atoms with Crippen molar-refractivity contribution in [2.45, 2.75) is 24.9 Å². The van der Waals surface area contributed by atoms with E-state index in [0.29, 0.717) is 15.2 Å². The van der Waals surface area contributed by atoms with Crippen molar-refractivity contribution in [3.05, 3.63) is 44.4 Å². The Kier molecular flexibility index (Phi) is 3.29. The number of thiazole rings is 1. The molecule has 1 atom stereocenters. The fourth-order valence-electron chi connectivity index (χ4n) is 2.53. The summed E-state index contributed by atoms with van der Waals surface area (Å²) in [6, 6.07) is 3.77. The number of rotatable bonds is 1. The molecule has 1 aliphatic rings. The van der Waals surface area contributed by atoms with Crippen molar-refractivity contribution < 1.29 is 13.2 Å². The molecule has 106 valence electrons. The highest BCUT2D eigenvalue weighted by Gasteiger charge is 2.34. The second-order valence-electron chi connectivity index (χ2n) is 4.69. The number of anilines is 1. The minimum atomic E-state index is -4.33. The Hall–Kier alpha value is -1.08. The third-order valence-electron chi connectivity index (χ3n) is 3.43. The summed E-state index contributed by atoms with van der Waals surface area (Å²) >= 11 is 4.72. The first-order valence-corrected chi connectivity index (χ1v) is 7.59. The van der Waals surface area contributed by atoms with E-state index in [9.17, 15) is 13.2 Å². The molecular weight excluding hydrogens is 353 g/mol. The Morgan fingerprint density at radius 1 is 1.35 bits per heavy atom. The van der Waals surface area contributed by atoms with Gasteiger partial charge in [0.1, 0.15) is 0 Å². The lowest BCUT2D eigenvalue weighted by atomic mass is 9.96. The van der Waals surface area contributed by atoms with Gasteiger partial charge in [-0.05, 0) is 36.6 Å². The third-order valence-corrected chi connectivity index (χ3v) is 5.19. The molecule has 20 heavy (non-hydrogen) atoms. The molecule has 0 radical (unpaired) electrons. The molecule has 7 heteroatoms. The molecule has 1 aliphatic carbocycles. The minimum Gasteiger partial charge on any atom is -0.375 e. The van der Waals surface area contributed by atoms with Crippen molar-refractivity contribution in [1.82, 2.24) is 4.98 Å². The Bertz CT molecular complexity index is 666. The topological polar surface area (TPSA) is 38.9 Å². The maximum Gasteiger partial charge on any atom is 0.416 e. The number of hydrogen-bond donors (Lipinski definition) is 1. The zero-order valence-corrected chi connectivity index (χ0v) is 12.6. The van der Waals surface area contributed by atoms with Gasteiger partial charge in [-0.25, -0.2) is 4.98 Å². The number of halogens is 4. The Labute approximate surface area is 126 Å². The largest absolute Gasteiger partial charge is 0.416 e. The van der Waals surface area contributed by atoms with Crippen LogP contribution in [-0.4, -0.2) is 4.98 Å². The second-order valence-corrected chi connectivity index (χ2v) is 6.60. The molecule has 0 bridgehead atoms. The van der Waals surface area contributed by atoms with E-state index in [0.717, 1.165) is 29.5 Å². The highest BCUT2D eigenvalue weighted by molar-refractivity contribution is 9.10. The first kappa shape index (κ1) is 13.9. The zero-order chi connectivity index (χ0) is 14.5. The summed E-state index contributed by atoms with van der Waals surface area (Å²) in [4.78, 5) is 5.22. The van der Waals surface area contributed by atoms with Crippen molar-refractivity contribution in [3.63, 3.8) is 0 Å². The maximum atomic E-state index is 12.8. The lowest BCUT2D eigenvalue weighted by Crippen LogP contribution is -2.07. The van der Waals surface area contributed by atoms with Crippen molar-refractivity contribution in [3.8, 4) is 0 Å². The van der Waals surface area contributed by atoms with E-state index in [4.69, 9.17) is 5.73 Å². The van der Waals surface area contributed by atoms with E-state index in [2.05, 4.69) is 20.9 Å². The summed E-state index contributed by atoms with van der Waals surface area (Å²) in [5, 5.41) is 0.475. The van der Waals surface area contributed by atoms with Crippen LogP contribution in [0.2, 0.25) is 0 Å². The van der Waals surface area contributed by atoms with Crippen LogP contribution in [0.5, 0.6) is 0 Å². The van der Waals surface area contributed by atoms with Crippen LogP contribution in [0.1, 0.15) is 34.0 Å². The number of aromatic nitrogens is 1. The molecule has 2 aromatic rings. The van der Waals surface area contributed by atoms with Crippen molar-refractivity contribution in [2.24, 2.45) is 0 Å². The van der Waals surface area contributed by atoms with Gasteiger partial charge in [-0.1, -0.05) is 15.9 Å². The first-order valence-electron chi connectivity index (χ1n) is 5.98. The molecule has 1 heterocycles. The number of nitrogen functional groups attached to an aromatic ring is 1. The molecule has 1 aromatic heterocycles. The Balaban J connectivity index is 2.07. The van der Waals surface area contributed by atoms with E-state index < -0.39 is 11.7 Å². The van der Waals surface area contributed by atoms with E-state index >= 15 is 0 Å². The summed E-state index contributed by atoms with van der Waals surface area (Å²) in [6.07, 6.45) is -2.80. The number of hydrogen-bond acceptors (Lipinski definition) is 3. The SMILES string of the molecule is Nc1nc2c(s1)C(c1cc(C(F)(F)F)ccc1Br)CC2. The van der Waals surface area contributed by atoms with Gasteiger partial charge in [-0.2, -0.15) is 13.2 Å². The summed E-state index contributed by atoms with van der Waals surface area (Å²) in [5.41, 5.74) is 6.63. The number of aryl methyl sites for hydroxylation is 1. The molecule has 0 saturated carbocycles. The molecule has 2 N–H and O–H groups in total. The van der Waals surface area contributed by atoms with Crippen LogP contribution < -0.4 is 5.73 Å². The minimum absolute atomic E-state index is 0.0588. The number of benzene rings is 1. The smallest absolute Gasteiger partial charge is 0.375 e. The van der Waals surface area contributed by atoms with Crippen LogP contribution >= 0.6 is 27.3 Å². The standard InChI is InChI=1S/C13H10BrF3N2S/c14-9-3-1-6(13(15,16)17)5-8(9)7-2-4-10-11(7)20-12(18)19-10/h1,3,5,7H,2,4H2,(H2,18,19). The summed E-state index contributed by atoms with van der Waals surface area (Å²) in [7, 11) is 0. The molecule has 1 unspecified atom stereocenters. The monoisotopic (exact) mass is 362 g/mol. The Morgan fingerprint density at radius 2 is 2.10 bits per heavy atom. The summed E-state index contributed by atoms with van der Waals surface area (Å²) < 4.78 is 39.2. The number of alkyl halides is 3. The molecule has 1 aromatic carbocycles. The van der Waals surface area contributed by atoms with Gasteiger partial charge < -0.3 is 5.73 Å². The van der Waals surface area contributed by atoms with Gasteiger partial charge in [0.15, 0.2) is 5.13 Å². The third kappa shape index (κ3) is 2.33. The molecule has 0 saturated heterocycles. The molecule has 3 rings (SSSR count). The van der Waals surface area contributed by atoms with E-state index in [1.807, 2.05) is 0 Å². The Morgan fingerprint density at radius 3 is 2.80 bits per heavy atom. The van der Waals surface area contributed by atoms with E-state index in [1.165, 1.54) is 23.5 Å². The van der Waals surface area contributed by atoms with Gasteiger partial charge in [0.05, 0.1) is 11.3 Å². The average molecular weight is 363 g/mol. The van der Waals surface area contributed by atoms with Crippen LogP contribution in [0.25, 0.3) is 0 Å². The van der Waals surface area contributed by atoms with Crippen molar-refractivity contribution in [1.29, 1.82) is 0 Å². The lowest BCUT2D eigenvalue weighted by Gasteiger charge is -2.15. The maximum absolute atomic E-state index is 12.8. The average Bonchev–Trinajstić information content (AvgIpc) is 2.87. The van der Waals surface area contributed by atoms with Gasteiger partial charge in [-0.3, -0.25) is 0 Å². The van der Waals surface area contributed by atoms with Crippen LogP contribution in [0, 0.1) is 0 Å². The molecule has 0 spiro atoms. The fraction of sp³-hybridized carbons (Fsp3) is 0.308. The normalized spacial score (nSPS) is 18.3. The molecule has 0 aliphatic heterocycles. The highest BCUT2D eigenvalue weighted by Crippen LogP contribution is 2.45. The highest BCUT2D eigenvalue weighted by atomic mass is 79.9. The van der Waals surface area contributed by atoms with E-state index in [-0.39, 0.29) is 5.92 Å². The van der Waals surface area contributed by atoms with Crippen molar-refractivity contribution >= 4 is 32.4 Å². The van der Waals surface area contributed by atoms with Gasteiger partial charge in [0, 0.05) is 15.3 Å². The predicted molar refractivity (Wildman–Crippen MR) is 75.8 cm³/mol. The number of nitrogens with two attached hydrogens (primary N) is 1. The van der Waals surface area contributed by atoms with Gasteiger partial charge in [0.25, 0.3) is 0 Å². The molecule has 0 fully saturated rings. The van der Waals surface area contributed by atoms with Crippen LogP contribution in [-0.2, 0) is 12.6 Å². The van der Waals surface area contributed by atoms with Gasteiger partial charge >= 0.3 is 6.18 Å². The van der Waals surface area contributed by atoms with Crippen LogP contribution in [0.15, 0.2) is 22.7 Å². The van der Waals surface area contributed by atoms with E-state index in [1.54, 1.807) is 0 Å². The van der Waals surface area contributed by atoms with Gasteiger partial charge in [0.2, 0.25) is 0 Å². The molecule has 0 amide bonds. The molecule has 2 nitrogen and oxygen atoms in total. The van der Waals surface area contributed by atoms with Gasteiger partial charge in [-0.15, -0.1) is 11.3 Å². The lowest BCUT2D eigenvalue weighted by molar-refractivity contribution is -0.137. The van der Waals surface area contributed by atoms with Crippen LogP contribution in [0.3, 0.4) is 0 Å². The van der Waals surface area contributed by atoms with Crippen LogP contribution in [0.4, 0.5) is 18.3 Å². The zero-order valence-electron chi connectivity index (χ0n) is 10.2. The fourth-order valence-corrected chi connectivity index (χ4v) is 4.09. The second kappa shape index (κ2) is 4.73. The summed E-state index contributed by atoms with van der Waals surface area (Å²) in [5.74, 6) is -0.0588. The van der Waals surface area contributed by atoms with Crippen molar-refractivity contribution in [2.75, 3.05) is 5.73 Å². The summed E-state index contributed by atoms with van der Waals surface area (Å²) in [6.45, 7) is 0. The number of fused-ring (bicyclic) bond motifs is 1. The molecular formula is C13H10BrF3N2S. The number of nitrogens with zero attached hydrogens (tertiary/aromatic N) is 1. The quantitative estimate of drug-likeness (QED) is 0.805.